The fourth-order valence-corrected chi connectivity index (χ4v) is 4.39. The van der Waals surface area contributed by atoms with E-state index >= 15 is 0 Å². The van der Waals surface area contributed by atoms with Gasteiger partial charge in [-0.25, -0.2) is 12.8 Å². The van der Waals surface area contributed by atoms with E-state index < -0.39 is 28.4 Å². The number of carbonyl (C=O) groups excluding carboxylic acids is 1. The lowest BCUT2D eigenvalue weighted by molar-refractivity contribution is 0.100. The van der Waals surface area contributed by atoms with Gasteiger partial charge in [-0.1, -0.05) is 22.6 Å². The highest BCUT2D eigenvalue weighted by atomic mass is 127. The van der Waals surface area contributed by atoms with Crippen LogP contribution >= 0.6 is 22.6 Å². The molecule has 154 valence electrons. The number of fused-ring (bicyclic) bond motifs is 1. The summed E-state index contributed by atoms with van der Waals surface area (Å²) < 4.78 is 44.8. The first-order valence-electron chi connectivity index (χ1n) is 8.34. The minimum atomic E-state index is -3.73. The van der Waals surface area contributed by atoms with Crippen molar-refractivity contribution < 1.29 is 27.1 Å². The van der Waals surface area contributed by atoms with Crippen LogP contribution in [0.3, 0.4) is 0 Å². The summed E-state index contributed by atoms with van der Waals surface area (Å²) in [4.78, 5) is 16.5. The third-order valence-corrected chi connectivity index (χ3v) is 6.15. The van der Waals surface area contributed by atoms with Crippen LogP contribution in [0.1, 0.15) is 15.9 Å². The van der Waals surface area contributed by atoms with Crippen molar-refractivity contribution in [1.82, 2.24) is 4.98 Å². The molecule has 29 heavy (non-hydrogen) atoms. The number of furan rings is 1. The van der Waals surface area contributed by atoms with Gasteiger partial charge in [0, 0.05) is 15.6 Å². The highest BCUT2D eigenvalue weighted by Crippen LogP contribution is 2.36. The highest BCUT2D eigenvalue weighted by molar-refractivity contribution is 14.1. The van der Waals surface area contributed by atoms with E-state index in [1.54, 1.807) is 6.07 Å². The van der Waals surface area contributed by atoms with Gasteiger partial charge in [0.15, 0.2) is 0 Å². The lowest BCUT2D eigenvalue weighted by Crippen LogP contribution is -2.34. The molecule has 2 aromatic heterocycles. The number of halogens is 2. The summed E-state index contributed by atoms with van der Waals surface area (Å²) in [5.74, 6) is -0.998. The Labute approximate surface area is 179 Å². The maximum Gasteiger partial charge on any atom is 0.253 e. The third-order valence-electron chi connectivity index (χ3n) is 4.18. The Morgan fingerprint density at radius 1 is 1.34 bits per heavy atom. The second-order valence-electron chi connectivity index (χ2n) is 6.19. The molecule has 0 spiro atoms. The molecule has 0 fully saturated rings. The van der Waals surface area contributed by atoms with E-state index in [4.69, 9.17) is 10.2 Å². The number of alkyl halides is 1. The number of pyridine rings is 1. The number of anilines is 1. The van der Waals surface area contributed by atoms with E-state index in [9.17, 15) is 22.7 Å². The number of primary amides is 1. The summed E-state index contributed by atoms with van der Waals surface area (Å²) >= 11 is 2.04. The maximum atomic E-state index is 13.3. The van der Waals surface area contributed by atoms with Gasteiger partial charge < -0.3 is 15.3 Å². The summed E-state index contributed by atoms with van der Waals surface area (Å²) in [5, 5.41) is 9.60. The molecule has 2 heterocycles. The summed E-state index contributed by atoms with van der Waals surface area (Å²) in [7, 11) is -3.73. The molecule has 3 aromatic rings. The number of carbonyl (C=O) groups is 1. The zero-order chi connectivity index (χ0) is 21.3. The van der Waals surface area contributed by atoms with E-state index in [1.165, 1.54) is 24.3 Å². The van der Waals surface area contributed by atoms with Gasteiger partial charge in [0.25, 0.3) is 5.91 Å². The molecular weight excluding hydrogens is 516 g/mol. The van der Waals surface area contributed by atoms with E-state index in [-0.39, 0.29) is 29.4 Å². The largest absolute Gasteiger partial charge is 0.437 e. The number of benzene rings is 1. The molecule has 8 nitrogen and oxygen atoms in total. The number of rotatable bonds is 7. The van der Waals surface area contributed by atoms with Crippen molar-refractivity contribution in [2.45, 2.75) is 4.43 Å². The average molecular weight is 533 g/mol. The van der Waals surface area contributed by atoms with Crippen LogP contribution in [-0.2, 0) is 14.5 Å². The Morgan fingerprint density at radius 3 is 2.52 bits per heavy atom. The summed E-state index contributed by atoms with van der Waals surface area (Å²) in [6, 6.07) is 6.91. The smallest absolute Gasteiger partial charge is 0.253 e. The van der Waals surface area contributed by atoms with Gasteiger partial charge >= 0.3 is 0 Å². The number of aromatic nitrogens is 1. The molecular formula is C18H17FIN3O5S. The Bertz CT molecular complexity index is 1180. The molecule has 0 radical (unpaired) electrons. The topological polar surface area (TPSA) is 127 Å². The number of nitrogens with zero attached hydrogens (tertiary/aromatic N) is 2. The zero-order valence-electron chi connectivity index (χ0n) is 15.2. The van der Waals surface area contributed by atoms with Crippen LogP contribution in [0.4, 0.5) is 10.2 Å². The summed E-state index contributed by atoms with van der Waals surface area (Å²) in [6.45, 7) is -0.589. The SMILES string of the molecule is CS(=O)(=O)N(CCO)c1nc2oc(-c3ccc(F)cc3)c(C(N)=O)c2cc1CI. The zero-order valence-corrected chi connectivity index (χ0v) is 18.2. The van der Waals surface area contributed by atoms with Gasteiger partial charge in [-0.2, -0.15) is 4.98 Å². The molecule has 0 atom stereocenters. The number of aliphatic hydroxyl groups excluding tert-OH is 1. The minimum Gasteiger partial charge on any atom is -0.437 e. The molecule has 11 heteroatoms. The number of aliphatic hydroxyl groups is 1. The predicted octanol–water partition coefficient (Wildman–Crippen LogP) is 2.43. The molecule has 1 aromatic carbocycles. The van der Waals surface area contributed by atoms with Crippen LogP contribution in [0, 0.1) is 5.82 Å². The lowest BCUT2D eigenvalue weighted by atomic mass is 10.0. The molecule has 0 aliphatic carbocycles. The lowest BCUT2D eigenvalue weighted by Gasteiger charge is -2.22. The Hall–Kier alpha value is -2.25. The monoisotopic (exact) mass is 533 g/mol. The quantitative estimate of drug-likeness (QED) is 0.355. The predicted molar refractivity (Wildman–Crippen MR) is 115 cm³/mol. The van der Waals surface area contributed by atoms with E-state index in [0.717, 1.165) is 10.6 Å². The van der Waals surface area contributed by atoms with Crippen molar-refractivity contribution >= 4 is 55.4 Å². The summed E-state index contributed by atoms with van der Waals surface area (Å²) in [5.41, 5.74) is 6.58. The normalized spacial score (nSPS) is 11.7. The number of hydrogen-bond donors (Lipinski definition) is 2. The molecule has 0 unspecified atom stereocenters. The molecule has 0 saturated carbocycles. The number of sulfonamides is 1. The minimum absolute atomic E-state index is 0.00770. The van der Waals surface area contributed by atoms with Gasteiger partial charge in [-0.05, 0) is 30.3 Å². The van der Waals surface area contributed by atoms with Gasteiger partial charge in [-0.15, -0.1) is 0 Å². The maximum absolute atomic E-state index is 13.3. The highest BCUT2D eigenvalue weighted by Gasteiger charge is 2.27. The third kappa shape index (κ3) is 4.21. The number of amides is 1. The van der Waals surface area contributed by atoms with Crippen LogP contribution in [0.2, 0.25) is 0 Å². The van der Waals surface area contributed by atoms with Gasteiger partial charge in [-0.3, -0.25) is 9.10 Å². The summed E-state index contributed by atoms with van der Waals surface area (Å²) in [6.07, 6.45) is 1.01. The van der Waals surface area contributed by atoms with Crippen molar-refractivity contribution in [2.24, 2.45) is 5.73 Å². The van der Waals surface area contributed by atoms with Crippen LogP contribution < -0.4 is 10.0 Å². The van der Waals surface area contributed by atoms with Crippen molar-refractivity contribution in [3.05, 3.63) is 47.3 Å². The van der Waals surface area contributed by atoms with Gasteiger partial charge in [0.1, 0.15) is 17.4 Å². The van der Waals surface area contributed by atoms with Crippen LogP contribution in [0.5, 0.6) is 0 Å². The standard InChI is InChI=1S/C18H17FIN3O5S/c1-29(26,27)23(6-7-24)17-11(9-20)8-13-14(16(21)25)15(28-18(13)22-17)10-2-4-12(19)5-3-10/h2-5,8,24H,6-7,9H2,1H3,(H2,21,25). The first-order chi connectivity index (χ1) is 13.7. The second-order valence-corrected chi connectivity index (χ2v) is 8.86. The van der Waals surface area contributed by atoms with Crippen molar-refractivity contribution in [2.75, 3.05) is 23.7 Å². The first kappa shape index (κ1) is 21.5. The fraction of sp³-hybridized carbons (Fsp3) is 0.222. The van der Waals surface area contributed by atoms with Crippen molar-refractivity contribution in [3.63, 3.8) is 0 Å². The fourth-order valence-electron chi connectivity index (χ4n) is 2.94. The van der Waals surface area contributed by atoms with Crippen molar-refractivity contribution in [3.8, 4) is 11.3 Å². The van der Waals surface area contributed by atoms with Crippen molar-refractivity contribution in [1.29, 1.82) is 0 Å². The average Bonchev–Trinajstić information content (AvgIpc) is 3.03. The Balaban J connectivity index is 2.31. The van der Waals surface area contributed by atoms with Crippen LogP contribution in [-0.4, -0.2) is 43.8 Å². The molecule has 1 amide bonds. The Kier molecular flexibility index (Phi) is 6.10. The molecule has 0 aliphatic rings. The van der Waals surface area contributed by atoms with Gasteiger partial charge in [0.2, 0.25) is 15.7 Å². The Morgan fingerprint density at radius 2 is 2.00 bits per heavy atom. The van der Waals surface area contributed by atoms with Crippen LogP contribution in [0.25, 0.3) is 22.4 Å². The molecule has 0 saturated heterocycles. The second kappa shape index (κ2) is 8.24. The number of hydrogen-bond acceptors (Lipinski definition) is 6. The molecule has 0 bridgehead atoms. The molecule has 3 rings (SSSR count). The van der Waals surface area contributed by atoms with Gasteiger partial charge in [0.05, 0.1) is 30.4 Å². The molecule has 0 aliphatic heterocycles. The first-order valence-corrected chi connectivity index (χ1v) is 11.7. The van der Waals surface area contributed by atoms with E-state index in [0.29, 0.717) is 20.9 Å². The van der Waals surface area contributed by atoms with E-state index in [2.05, 4.69) is 4.98 Å². The van der Waals surface area contributed by atoms with E-state index in [1.807, 2.05) is 22.6 Å². The number of nitrogens with two attached hydrogens (primary N) is 1. The molecule has 3 N–H and O–H groups in total. The van der Waals surface area contributed by atoms with Crippen LogP contribution in [0.15, 0.2) is 34.7 Å².